The van der Waals surface area contributed by atoms with Crippen LogP contribution in [0.4, 0.5) is 0 Å². The maximum absolute atomic E-state index is 12.3. The molecule has 1 aliphatic carbocycles. The third kappa shape index (κ3) is 4.72. The highest BCUT2D eigenvalue weighted by Crippen LogP contribution is 2.60. The van der Waals surface area contributed by atoms with Crippen molar-refractivity contribution in [1.82, 2.24) is 0 Å². The van der Waals surface area contributed by atoms with E-state index in [9.17, 15) is 15.0 Å². The summed E-state index contributed by atoms with van der Waals surface area (Å²) in [7, 11) is 0. The Labute approximate surface area is 173 Å². The molecule has 0 fully saturated rings. The SMILES string of the molecule is CC(C)(C)CC(C(=O)O)C1=CC(C(C)(C)C)(C(C)(C)C)C(O)C(C(C)(C)C)=C1. The summed E-state index contributed by atoms with van der Waals surface area (Å²) >= 11 is 0. The third-order valence-electron chi connectivity index (χ3n) is 6.31. The zero-order valence-corrected chi connectivity index (χ0v) is 20.3. The zero-order chi connectivity index (χ0) is 22.5. The van der Waals surface area contributed by atoms with Gasteiger partial charge in [-0.3, -0.25) is 4.79 Å². The molecular weight excluding hydrogens is 348 g/mol. The van der Waals surface area contributed by atoms with Crippen LogP contribution >= 0.6 is 0 Å². The summed E-state index contributed by atoms with van der Waals surface area (Å²) in [6, 6.07) is 0. The van der Waals surface area contributed by atoms with Gasteiger partial charge in [-0.1, -0.05) is 95.2 Å². The number of aliphatic hydroxyl groups excluding tert-OH is 1. The van der Waals surface area contributed by atoms with Gasteiger partial charge in [0.15, 0.2) is 0 Å². The molecule has 0 aromatic rings. The molecule has 0 amide bonds. The van der Waals surface area contributed by atoms with E-state index >= 15 is 0 Å². The van der Waals surface area contributed by atoms with Crippen LogP contribution in [0.15, 0.2) is 23.3 Å². The molecule has 2 N–H and O–H groups in total. The molecule has 0 spiro atoms. The van der Waals surface area contributed by atoms with E-state index in [1.807, 2.05) is 6.08 Å². The second kappa shape index (κ2) is 7.31. The quantitative estimate of drug-likeness (QED) is 0.578. The van der Waals surface area contributed by atoms with Crippen molar-refractivity contribution in [2.75, 3.05) is 0 Å². The maximum atomic E-state index is 12.3. The number of carbonyl (C=O) groups is 1. The molecule has 0 bridgehead atoms. The number of carboxylic acids is 1. The van der Waals surface area contributed by atoms with Gasteiger partial charge in [0, 0.05) is 5.41 Å². The predicted molar refractivity (Wildman–Crippen MR) is 118 cm³/mol. The molecule has 3 nitrogen and oxygen atoms in total. The molecule has 0 aromatic carbocycles. The summed E-state index contributed by atoms with van der Waals surface area (Å²) in [5.74, 6) is -1.38. The Bertz CT molecular complexity index is 638. The van der Waals surface area contributed by atoms with E-state index in [2.05, 4.69) is 89.2 Å². The molecule has 2 atom stereocenters. The predicted octanol–water partition coefficient (Wildman–Crippen LogP) is 6.48. The van der Waals surface area contributed by atoms with Crippen LogP contribution in [0.1, 0.15) is 89.5 Å². The first-order valence-corrected chi connectivity index (χ1v) is 10.5. The summed E-state index contributed by atoms with van der Waals surface area (Å²) < 4.78 is 0. The van der Waals surface area contributed by atoms with Crippen molar-refractivity contribution >= 4 is 5.97 Å². The average Bonchev–Trinajstić information content (AvgIpc) is 2.40. The Hall–Kier alpha value is -1.09. The second-order valence-corrected chi connectivity index (χ2v) is 12.9. The van der Waals surface area contributed by atoms with Crippen molar-refractivity contribution in [3.05, 3.63) is 23.3 Å². The highest BCUT2D eigenvalue weighted by molar-refractivity contribution is 5.75. The van der Waals surface area contributed by atoms with E-state index in [0.29, 0.717) is 6.42 Å². The first-order valence-electron chi connectivity index (χ1n) is 10.5. The highest BCUT2D eigenvalue weighted by atomic mass is 16.4. The molecular formula is C25H44O3. The van der Waals surface area contributed by atoms with Crippen LogP contribution in [0, 0.1) is 33.0 Å². The van der Waals surface area contributed by atoms with E-state index in [1.165, 1.54) is 0 Å². The van der Waals surface area contributed by atoms with Crippen LogP contribution in [-0.2, 0) is 4.79 Å². The zero-order valence-electron chi connectivity index (χ0n) is 20.3. The van der Waals surface area contributed by atoms with E-state index in [0.717, 1.165) is 11.1 Å². The summed E-state index contributed by atoms with van der Waals surface area (Å²) in [5.41, 5.74) is 0.292. The molecule has 1 aliphatic rings. The average molecular weight is 393 g/mol. The van der Waals surface area contributed by atoms with Crippen molar-refractivity contribution in [3.8, 4) is 0 Å². The monoisotopic (exact) mass is 392 g/mol. The van der Waals surface area contributed by atoms with Gasteiger partial charge in [-0.05, 0) is 39.2 Å². The van der Waals surface area contributed by atoms with Gasteiger partial charge in [0.25, 0.3) is 0 Å². The fourth-order valence-corrected chi connectivity index (χ4v) is 5.05. The summed E-state index contributed by atoms with van der Waals surface area (Å²) in [5, 5.41) is 21.8. The Kier molecular flexibility index (Phi) is 6.51. The normalized spacial score (nSPS) is 22.4. The van der Waals surface area contributed by atoms with Gasteiger partial charge < -0.3 is 10.2 Å². The Balaban J connectivity index is 3.90. The molecule has 2 unspecified atom stereocenters. The maximum Gasteiger partial charge on any atom is 0.310 e. The molecule has 3 heteroatoms. The van der Waals surface area contributed by atoms with Crippen molar-refractivity contribution in [3.63, 3.8) is 0 Å². The number of aliphatic hydroxyl groups is 1. The van der Waals surface area contributed by atoms with Crippen molar-refractivity contribution < 1.29 is 15.0 Å². The van der Waals surface area contributed by atoms with E-state index < -0.39 is 23.4 Å². The molecule has 28 heavy (non-hydrogen) atoms. The Morgan fingerprint density at radius 1 is 0.964 bits per heavy atom. The molecule has 0 aromatic heterocycles. The first kappa shape index (κ1) is 24.9. The van der Waals surface area contributed by atoms with Gasteiger partial charge >= 0.3 is 5.97 Å². The van der Waals surface area contributed by atoms with Crippen LogP contribution in [0.2, 0.25) is 0 Å². The number of rotatable bonds is 3. The minimum absolute atomic E-state index is 0.109. The smallest absolute Gasteiger partial charge is 0.310 e. The second-order valence-electron chi connectivity index (χ2n) is 12.9. The molecule has 0 heterocycles. The number of aliphatic carboxylic acids is 1. The highest BCUT2D eigenvalue weighted by Gasteiger charge is 2.57. The number of allylic oxidation sites excluding steroid dienone is 1. The van der Waals surface area contributed by atoms with Gasteiger partial charge in [0.1, 0.15) is 0 Å². The summed E-state index contributed by atoms with van der Waals surface area (Å²) in [4.78, 5) is 12.3. The van der Waals surface area contributed by atoms with Gasteiger partial charge in [-0.25, -0.2) is 0 Å². The summed E-state index contributed by atoms with van der Waals surface area (Å²) in [6.07, 6.45) is 3.98. The van der Waals surface area contributed by atoms with Crippen LogP contribution in [0.3, 0.4) is 0 Å². The third-order valence-corrected chi connectivity index (χ3v) is 6.31. The topological polar surface area (TPSA) is 57.5 Å². The van der Waals surface area contributed by atoms with Gasteiger partial charge in [-0.2, -0.15) is 0 Å². The van der Waals surface area contributed by atoms with E-state index in [4.69, 9.17) is 0 Å². The minimum Gasteiger partial charge on any atom is -0.481 e. The van der Waals surface area contributed by atoms with E-state index in [-0.39, 0.29) is 21.7 Å². The largest absolute Gasteiger partial charge is 0.481 e. The van der Waals surface area contributed by atoms with Crippen molar-refractivity contribution in [2.45, 2.75) is 95.6 Å². The van der Waals surface area contributed by atoms with Crippen molar-refractivity contribution in [1.29, 1.82) is 0 Å². The van der Waals surface area contributed by atoms with Gasteiger partial charge in [0.2, 0.25) is 0 Å². The van der Waals surface area contributed by atoms with Crippen LogP contribution in [0.25, 0.3) is 0 Å². The number of carboxylic acid groups (broad SMARTS) is 1. The number of hydrogen-bond donors (Lipinski definition) is 2. The standard InChI is InChI=1S/C25H44O3/c1-21(2,3)15-17(20(27)28)16-13-18(22(4,5)6)19(26)25(14-16,23(7,8)9)24(10,11)12/h13-14,17,19,26H,15H2,1-12H3,(H,27,28). The van der Waals surface area contributed by atoms with Crippen LogP contribution < -0.4 is 0 Å². The number of hydrogen-bond acceptors (Lipinski definition) is 2. The molecule has 162 valence electrons. The Morgan fingerprint density at radius 2 is 1.39 bits per heavy atom. The van der Waals surface area contributed by atoms with Gasteiger partial charge in [-0.15, -0.1) is 0 Å². The molecule has 1 rings (SSSR count). The Morgan fingerprint density at radius 3 is 1.68 bits per heavy atom. The summed E-state index contributed by atoms with van der Waals surface area (Å²) in [6.45, 7) is 25.5. The minimum atomic E-state index is -0.793. The van der Waals surface area contributed by atoms with Crippen LogP contribution in [-0.4, -0.2) is 22.3 Å². The molecule has 0 saturated heterocycles. The lowest BCUT2D eigenvalue weighted by Crippen LogP contribution is -2.56. The van der Waals surface area contributed by atoms with E-state index in [1.54, 1.807) is 0 Å². The van der Waals surface area contributed by atoms with Crippen molar-refractivity contribution in [2.24, 2.45) is 33.0 Å². The van der Waals surface area contributed by atoms with Crippen LogP contribution in [0.5, 0.6) is 0 Å². The molecule has 0 radical (unpaired) electrons. The molecule has 0 aliphatic heterocycles. The molecule has 0 saturated carbocycles. The first-order chi connectivity index (χ1) is 12.1. The fraction of sp³-hybridized carbons (Fsp3) is 0.800. The fourth-order valence-electron chi connectivity index (χ4n) is 5.05. The lowest BCUT2D eigenvalue weighted by atomic mass is 9.47. The lowest BCUT2D eigenvalue weighted by molar-refractivity contribution is -0.141. The van der Waals surface area contributed by atoms with Gasteiger partial charge in [0.05, 0.1) is 12.0 Å². The lowest BCUT2D eigenvalue weighted by Gasteiger charge is -2.58.